The zero-order valence-electron chi connectivity index (χ0n) is 19.1. The van der Waals surface area contributed by atoms with E-state index in [4.69, 9.17) is 31.5 Å². The number of halogens is 2. The lowest BCUT2D eigenvalue weighted by Crippen LogP contribution is -2.33. The number of nitrogens with zero attached hydrogens (tertiary/aromatic N) is 1. The van der Waals surface area contributed by atoms with Crippen LogP contribution in [-0.2, 0) is 16.1 Å². The van der Waals surface area contributed by atoms with Gasteiger partial charge in [0.15, 0.2) is 5.78 Å². The number of ketones is 1. The molecule has 6 nitrogen and oxygen atoms in total. The Morgan fingerprint density at radius 3 is 2.71 bits per heavy atom. The largest absolute Gasteiger partial charge is 0.496 e. The van der Waals surface area contributed by atoms with Gasteiger partial charge in [-0.15, -0.1) is 0 Å². The van der Waals surface area contributed by atoms with Gasteiger partial charge in [0, 0.05) is 30.0 Å². The standard InChI is InChI=1S/C26H24ClFN2O4/c1-26(2)10-20(31)24-22(11-26)34-25(30)17(12-29)23(24)14-4-7-21(32-3)15(8-14)13-33-16-5-6-19(28)18(27)9-16/h4-9,23H,10-11,13,30H2,1-3H3. The van der Waals surface area contributed by atoms with Crippen molar-refractivity contribution in [1.29, 1.82) is 5.26 Å². The molecule has 0 bridgehead atoms. The maximum absolute atomic E-state index is 13.5. The molecule has 2 aromatic carbocycles. The summed E-state index contributed by atoms with van der Waals surface area (Å²) in [6.45, 7) is 4.09. The molecule has 0 saturated heterocycles. The summed E-state index contributed by atoms with van der Waals surface area (Å²) in [4.78, 5) is 13.2. The van der Waals surface area contributed by atoms with Crippen LogP contribution in [0.15, 0.2) is 59.2 Å². The van der Waals surface area contributed by atoms with Crippen molar-refractivity contribution in [2.45, 2.75) is 39.2 Å². The molecule has 2 aliphatic rings. The van der Waals surface area contributed by atoms with Crippen LogP contribution in [0.3, 0.4) is 0 Å². The molecule has 2 aromatic rings. The van der Waals surface area contributed by atoms with E-state index in [9.17, 15) is 14.4 Å². The van der Waals surface area contributed by atoms with Crippen LogP contribution in [0.1, 0.15) is 43.7 Å². The molecule has 0 spiro atoms. The topological polar surface area (TPSA) is 94.6 Å². The minimum absolute atomic E-state index is 0.00585. The predicted molar refractivity (Wildman–Crippen MR) is 124 cm³/mol. The fourth-order valence-electron chi connectivity index (χ4n) is 4.44. The Hall–Kier alpha value is -3.50. The minimum atomic E-state index is -0.651. The average molecular weight is 483 g/mol. The number of hydrogen-bond donors (Lipinski definition) is 1. The summed E-state index contributed by atoms with van der Waals surface area (Å²) in [6, 6.07) is 11.6. The number of methoxy groups -OCH3 is 1. The number of nitriles is 1. The second-order valence-electron chi connectivity index (χ2n) is 9.14. The van der Waals surface area contributed by atoms with Gasteiger partial charge in [-0.05, 0) is 35.2 Å². The molecule has 8 heteroatoms. The molecular weight excluding hydrogens is 459 g/mol. The fourth-order valence-corrected chi connectivity index (χ4v) is 4.61. The first-order valence-corrected chi connectivity index (χ1v) is 11.1. The highest BCUT2D eigenvalue weighted by Gasteiger charge is 2.43. The van der Waals surface area contributed by atoms with Gasteiger partial charge in [0.2, 0.25) is 5.88 Å². The maximum Gasteiger partial charge on any atom is 0.205 e. The lowest BCUT2D eigenvalue weighted by Gasteiger charge is -2.37. The molecule has 2 N–H and O–H groups in total. The summed E-state index contributed by atoms with van der Waals surface area (Å²) in [7, 11) is 1.54. The Morgan fingerprint density at radius 1 is 1.26 bits per heavy atom. The Labute approximate surface area is 202 Å². The molecule has 34 heavy (non-hydrogen) atoms. The van der Waals surface area contributed by atoms with Crippen LogP contribution in [0.2, 0.25) is 5.02 Å². The van der Waals surface area contributed by atoms with Crippen molar-refractivity contribution >= 4 is 17.4 Å². The first-order valence-electron chi connectivity index (χ1n) is 10.7. The number of allylic oxidation sites excluding steroid dienone is 3. The molecule has 1 atom stereocenters. The number of carbonyl (C=O) groups excluding carboxylic acids is 1. The van der Waals surface area contributed by atoms with E-state index in [0.29, 0.717) is 46.8 Å². The van der Waals surface area contributed by atoms with Gasteiger partial charge in [0.05, 0.1) is 18.1 Å². The molecule has 4 rings (SSSR count). The second-order valence-corrected chi connectivity index (χ2v) is 9.55. The smallest absolute Gasteiger partial charge is 0.205 e. The summed E-state index contributed by atoms with van der Waals surface area (Å²) in [5.74, 6) is 0.217. The van der Waals surface area contributed by atoms with Crippen molar-refractivity contribution in [1.82, 2.24) is 0 Å². The molecule has 0 aromatic heterocycles. The van der Waals surface area contributed by atoms with Gasteiger partial charge in [-0.3, -0.25) is 4.79 Å². The summed E-state index contributed by atoms with van der Waals surface area (Å²) in [5, 5.41) is 9.80. The van der Waals surface area contributed by atoms with Crippen molar-refractivity contribution in [3.05, 3.63) is 81.2 Å². The first kappa shape index (κ1) is 23.7. The van der Waals surface area contributed by atoms with E-state index in [1.54, 1.807) is 12.1 Å². The van der Waals surface area contributed by atoms with Crippen LogP contribution in [0.5, 0.6) is 11.5 Å². The fraction of sp³-hybridized carbons (Fsp3) is 0.308. The van der Waals surface area contributed by atoms with E-state index in [0.717, 1.165) is 0 Å². The summed E-state index contributed by atoms with van der Waals surface area (Å²) < 4.78 is 30.5. The van der Waals surface area contributed by atoms with Gasteiger partial charge in [-0.1, -0.05) is 31.5 Å². The number of rotatable bonds is 5. The van der Waals surface area contributed by atoms with E-state index >= 15 is 0 Å². The van der Waals surface area contributed by atoms with Crippen LogP contribution < -0.4 is 15.2 Å². The van der Waals surface area contributed by atoms with Gasteiger partial charge < -0.3 is 19.9 Å². The predicted octanol–water partition coefficient (Wildman–Crippen LogP) is 5.52. The van der Waals surface area contributed by atoms with Crippen LogP contribution in [-0.4, -0.2) is 12.9 Å². The van der Waals surface area contributed by atoms with Gasteiger partial charge in [-0.2, -0.15) is 5.26 Å². The Morgan fingerprint density at radius 2 is 2.03 bits per heavy atom. The number of carbonyl (C=O) groups is 1. The summed E-state index contributed by atoms with van der Waals surface area (Å²) >= 11 is 5.85. The molecule has 0 amide bonds. The SMILES string of the molecule is COc1ccc(C2C(C#N)=C(N)OC3=C2C(=O)CC(C)(C)C3)cc1COc1ccc(F)c(Cl)c1. The van der Waals surface area contributed by atoms with E-state index in [-0.39, 0.29) is 34.3 Å². The number of hydrogen-bond acceptors (Lipinski definition) is 6. The summed E-state index contributed by atoms with van der Waals surface area (Å²) in [6.07, 6.45) is 0.892. The molecule has 0 radical (unpaired) electrons. The van der Waals surface area contributed by atoms with E-state index in [1.165, 1.54) is 25.3 Å². The van der Waals surface area contributed by atoms with Crippen LogP contribution in [0.4, 0.5) is 4.39 Å². The van der Waals surface area contributed by atoms with Crippen molar-refractivity contribution < 1.29 is 23.4 Å². The highest BCUT2D eigenvalue weighted by Crippen LogP contribution is 2.48. The molecular formula is C26H24ClFN2O4. The highest BCUT2D eigenvalue weighted by atomic mass is 35.5. The zero-order chi connectivity index (χ0) is 24.6. The van der Waals surface area contributed by atoms with Gasteiger partial charge >= 0.3 is 0 Å². The minimum Gasteiger partial charge on any atom is -0.496 e. The number of benzene rings is 2. The van der Waals surface area contributed by atoms with Crippen LogP contribution in [0.25, 0.3) is 0 Å². The van der Waals surface area contributed by atoms with E-state index in [1.807, 2.05) is 19.9 Å². The molecule has 0 saturated carbocycles. The third kappa shape index (κ3) is 4.46. The number of nitrogens with two attached hydrogens (primary N) is 1. The molecule has 1 unspecified atom stereocenters. The molecule has 0 fully saturated rings. The monoisotopic (exact) mass is 482 g/mol. The van der Waals surface area contributed by atoms with Crippen molar-refractivity contribution in [2.75, 3.05) is 7.11 Å². The lowest BCUT2D eigenvalue weighted by atomic mass is 9.70. The average Bonchev–Trinajstić information content (AvgIpc) is 2.78. The lowest BCUT2D eigenvalue weighted by molar-refractivity contribution is -0.119. The number of ether oxygens (including phenoxy) is 3. The van der Waals surface area contributed by atoms with E-state index < -0.39 is 11.7 Å². The second kappa shape index (κ2) is 9.03. The van der Waals surface area contributed by atoms with Crippen LogP contribution >= 0.6 is 11.6 Å². The molecule has 1 aliphatic heterocycles. The van der Waals surface area contributed by atoms with Crippen molar-refractivity contribution in [3.63, 3.8) is 0 Å². The Bertz CT molecular complexity index is 1280. The maximum atomic E-state index is 13.5. The number of Topliss-reactive ketones (excluding diaryl/α,β-unsaturated/α-hetero) is 1. The van der Waals surface area contributed by atoms with Crippen molar-refractivity contribution in [3.8, 4) is 17.6 Å². The Kier molecular flexibility index (Phi) is 6.28. The quantitative estimate of drug-likeness (QED) is 0.603. The van der Waals surface area contributed by atoms with Gasteiger partial charge in [0.25, 0.3) is 0 Å². The molecule has 1 aliphatic carbocycles. The molecule has 1 heterocycles. The van der Waals surface area contributed by atoms with E-state index in [2.05, 4.69) is 6.07 Å². The third-order valence-electron chi connectivity index (χ3n) is 6.00. The third-order valence-corrected chi connectivity index (χ3v) is 6.29. The zero-order valence-corrected chi connectivity index (χ0v) is 19.8. The van der Waals surface area contributed by atoms with Gasteiger partial charge in [0.1, 0.15) is 41.3 Å². The van der Waals surface area contributed by atoms with Crippen molar-refractivity contribution in [2.24, 2.45) is 11.1 Å². The molecule has 176 valence electrons. The summed E-state index contributed by atoms with van der Waals surface area (Å²) in [5.41, 5.74) is 7.87. The Balaban J connectivity index is 1.74. The highest BCUT2D eigenvalue weighted by molar-refractivity contribution is 6.30. The normalized spacial score (nSPS) is 19.3. The first-order chi connectivity index (χ1) is 16.1. The van der Waals surface area contributed by atoms with Gasteiger partial charge in [-0.25, -0.2) is 4.39 Å². The van der Waals surface area contributed by atoms with Crippen LogP contribution in [0, 0.1) is 22.6 Å².